The highest BCUT2D eigenvalue weighted by Gasteiger charge is 2.08. The van der Waals surface area contributed by atoms with Crippen molar-refractivity contribution in [2.45, 2.75) is 19.8 Å². The molecule has 1 N–H and O–H groups in total. The first-order chi connectivity index (χ1) is 11.7. The Balaban J connectivity index is 1.60. The summed E-state index contributed by atoms with van der Waals surface area (Å²) in [5, 5.41) is 0. The highest BCUT2D eigenvalue weighted by atomic mass is 127. The molecule has 3 aromatic rings. The number of fused-ring (bicyclic) bond motifs is 1. The monoisotopic (exact) mass is 426 g/mol. The lowest BCUT2D eigenvalue weighted by atomic mass is 9.97. The second kappa shape index (κ2) is 6.48. The molecule has 0 saturated carbocycles. The Morgan fingerprint density at radius 1 is 0.750 bits per heavy atom. The average molecular weight is 426 g/mol. The molecule has 1 heterocycles. The molecule has 0 radical (unpaired) electrons. The van der Waals surface area contributed by atoms with Gasteiger partial charge in [0.1, 0.15) is 21.3 Å². The number of nitrogens with one attached hydrogen (secondary N) is 1. The first kappa shape index (κ1) is 15.5. The molecule has 0 aromatic heterocycles. The van der Waals surface area contributed by atoms with E-state index >= 15 is 0 Å². The van der Waals surface area contributed by atoms with Crippen LogP contribution in [0.15, 0.2) is 69.9 Å². The molecule has 0 fully saturated rings. The molecule has 4 rings (SSSR count). The van der Waals surface area contributed by atoms with E-state index in [1.807, 2.05) is 0 Å². The minimum Gasteiger partial charge on any atom is -0.317 e. The van der Waals surface area contributed by atoms with E-state index in [2.05, 4.69) is 87.3 Å². The number of benzene rings is 3. The van der Waals surface area contributed by atoms with Crippen LogP contribution in [0.4, 0.5) is 11.4 Å². The number of hydrogen-bond donors (Lipinski definition) is 1. The summed E-state index contributed by atoms with van der Waals surface area (Å²) in [4.78, 5) is 0. The van der Waals surface area contributed by atoms with Crippen LogP contribution in [0, 0.1) is 0 Å². The Kier molecular flexibility index (Phi) is 4.19. The Hall–Kier alpha value is -2.01. The van der Waals surface area contributed by atoms with Gasteiger partial charge in [-0.2, -0.15) is 0 Å². The second-order valence-corrected chi connectivity index (χ2v) is 7.85. The molecular formula is C21H19IN2. The summed E-state index contributed by atoms with van der Waals surface area (Å²) >= 11 is -0.239. The van der Waals surface area contributed by atoms with Gasteiger partial charge >= 0.3 is 0 Å². The average Bonchev–Trinajstić information content (AvgIpc) is 3.09. The van der Waals surface area contributed by atoms with Gasteiger partial charge in [-0.25, -0.2) is 3.15 Å². The fourth-order valence-electron chi connectivity index (χ4n) is 2.89. The summed E-state index contributed by atoms with van der Waals surface area (Å²) in [6.45, 7) is 4.45. The molecule has 2 nitrogen and oxygen atoms in total. The van der Waals surface area contributed by atoms with Crippen LogP contribution in [0.1, 0.15) is 25.3 Å². The molecule has 0 atom stereocenters. The molecule has 3 heteroatoms. The number of rotatable bonds is 3. The van der Waals surface area contributed by atoms with Crippen molar-refractivity contribution in [1.29, 1.82) is 0 Å². The van der Waals surface area contributed by atoms with E-state index in [4.69, 9.17) is 0 Å². The summed E-state index contributed by atoms with van der Waals surface area (Å²) < 4.78 is 7.91. The number of nitrogens with zero attached hydrogens (tertiary/aromatic N) is 1. The molecule has 3 aromatic carbocycles. The van der Waals surface area contributed by atoms with E-state index in [1.165, 1.54) is 33.5 Å². The summed E-state index contributed by atoms with van der Waals surface area (Å²) in [5.41, 5.74) is 8.67. The lowest BCUT2D eigenvalue weighted by molar-refractivity contribution is 0.867. The van der Waals surface area contributed by atoms with Crippen molar-refractivity contribution in [3.63, 3.8) is 0 Å². The van der Waals surface area contributed by atoms with Crippen LogP contribution in [-0.4, -0.2) is 0 Å². The largest absolute Gasteiger partial charge is 0.317 e. The van der Waals surface area contributed by atoms with Gasteiger partial charge < -0.3 is 3.53 Å². The Morgan fingerprint density at radius 2 is 1.29 bits per heavy atom. The third-order valence-electron chi connectivity index (χ3n) is 4.40. The maximum absolute atomic E-state index is 4.51. The fraction of sp³-hybridized carbons (Fsp3) is 0.143. The zero-order valence-electron chi connectivity index (χ0n) is 13.8. The minimum atomic E-state index is -0.239. The van der Waals surface area contributed by atoms with Crippen molar-refractivity contribution in [3.8, 4) is 22.3 Å². The first-order valence-corrected chi connectivity index (χ1v) is 10.2. The summed E-state index contributed by atoms with van der Waals surface area (Å²) in [5.74, 6) is 0.573. The SMILES string of the molecule is CC(C)c1ccc(-c2ccc(-c3ccc4c(c3)NI=N4)cc2)cc1. The van der Waals surface area contributed by atoms with Crippen molar-refractivity contribution >= 4 is 32.7 Å². The van der Waals surface area contributed by atoms with E-state index in [-0.39, 0.29) is 21.3 Å². The standard InChI is InChI=1S/C21H19IN2/c1-14(2)15-3-5-16(6-4-15)17-7-9-18(10-8-17)19-11-12-20-21(13-19)24-22-23-20/h3-14H,1-2H3,(H,23,24). The van der Waals surface area contributed by atoms with Gasteiger partial charge in [-0.3, -0.25) is 0 Å². The Labute approximate surface area is 153 Å². The van der Waals surface area contributed by atoms with Gasteiger partial charge in [0, 0.05) is 0 Å². The first-order valence-electron chi connectivity index (χ1n) is 8.16. The Bertz CT molecular complexity index is 894. The van der Waals surface area contributed by atoms with E-state index < -0.39 is 0 Å². The van der Waals surface area contributed by atoms with Crippen LogP contribution in [0.5, 0.6) is 0 Å². The quantitative estimate of drug-likeness (QED) is 0.346. The van der Waals surface area contributed by atoms with Crippen LogP contribution in [0.2, 0.25) is 0 Å². The third kappa shape index (κ3) is 3.00. The van der Waals surface area contributed by atoms with Crippen molar-refractivity contribution in [2.24, 2.45) is 3.15 Å². The molecule has 24 heavy (non-hydrogen) atoms. The van der Waals surface area contributed by atoms with Gasteiger partial charge in [0.05, 0.1) is 11.4 Å². The lowest BCUT2D eigenvalue weighted by Gasteiger charge is -2.09. The highest BCUT2D eigenvalue weighted by Crippen LogP contribution is 2.39. The molecule has 0 bridgehead atoms. The molecule has 0 unspecified atom stereocenters. The van der Waals surface area contributed by atoms with Gasteiger partial charge in [0.2, 0.25) is 0 Å². The normalized spacial score (nSPS) is 12.6. The van der Waals surface area contributed by atoms with Crippen LogP contribution in [0.25, 0.3) is 22.3 Å². The maximum atomic E-state index is 4.51. The zero-order chi connectivity index (χ0) is 16.5. The van der Waals surface area contributed by atoms with Gasteiger partial charge in [-0.05, 0) is 45.9 Å². The molecule has 0 amide bonds. The molecule has 0 aliphatic carbocycles. The molecule has 120 valence electrons. The van der Waals surface area contributed by atoms with Crippen LogP contribution in [0.3, 0.4) is 0 Å². The predicted molar refractivity (Wildman–Crippen MR) is 111 cm³/mol. The van der Waals surface area contributed by atoms with Gasteiger partial charge in [0.25, 0.3) is 0 Å². The van der Waals surface area contributed by atoms with Crippen LogP contribution < -0.4 is 3.53 Å². The van der Waals surface area contributed by atoms with Crippen LogP contribution >= 0.6 is 21.3 Å². The number of halogens is 1. The molecular weight excluding hydrogens is 407 g/mol. The van der Waals surface area contributed by atoms with Gasteiger partial charge in [-0.15, -0.1) is 0 Å². The van der Waals surface area contributed by atoms with Crippen LogP contribution in [-0.2, 0) is 0 Å². The molecule has 1 aliphatic rings. The fourth-order valence-corrected chi connectivity index (χ4v) is 4.39. The highest BCUT2D eigenvalue weighted by molar-refractivity contribution is 14.2. The van der Waals surface area contributed by atoms with Gasteiger partial charge in [0.15, 0.2) is 0 Å². The van der Waals surface area contributed by atoms with E-state index in [0.717, 1.165) is 5.69 Å². The lowest BCUT2D eigenvalue weighted by Crippen LogP contribution is -1.87. The maximum Gasteiger partial charge on any atom is 0.118 e. The van der Waals surface area contributed by atoms with Crippen molar-refractivity contribution in [2.75, 3.05) is 3.53 Å². The zero-order valence-corrected chi connectivity index (χ0v) is 15.9. The molecule has 0 spiro atoms. The molecule has 1 aliphatic heterocycles. The van der Waals surface area contributed by atoms with E-state index in [9.17, 15) is 0 Å². The predicted octanol–water partition coefficient (Wildman–Crippen LogP) is 7.27. The van der Waals surface area contributed by atoms with E-state index in [1.54, 1.807) is 0 Å². The summed E-state index contributed by atoms with van der Waals surface area (Å²) in [6, 6.07) is 24.2. The summed E-state index contributed by atoms with van der Waals surface area (Å²) in [7, 11) is 0. The summed E-state index contributed by atoms with van der Waals surface area (Å²) in [6.07, 6.45) is 0. The van der Waals surface area contributed by atoms with E-state index in [0.29, 0.717) is 5.92 Å². The smallest absolute Gasteiger partial charge is 0.118 e. The Morgan fingerprint density at radius 3 is 1.92 bits per heavy atom. The number of hydrogen-bond acceptors (Lipinski definition) is 2. The third-order valence-corrected chi connectivity index (χ3v) is 5.99. The van der Waals surface area contributed by atoms with Crippen molar-refractivity contribution in [3.05, 3.63) is 72.3 Å². The van der Waals surface area contributed by atoms with Gasteiger partial charge in [-0.1, -0.05) is 68.4 Å². The number of anilines is 1. The minimum absolute atomic E-state index is 0.239. The molecule has 0 saturated heterocycles. The second-order valence-electron chi connectivity index (χ2n) is 6.35. The van der Waals surface area contributed by atoms with Crippen molar-refractivity contribution in [1.82, 2.24) is 0 Å². The van der Waals surface area contributed by atoms with Crippen molar-refractivity contribution < 1.29 is 0 Å². The topological polar surface area (TPSA) is 24.4 Å².